The minimum absolute atomic E-state index is 0.0109. The Balaban J connectivity index is 1.87. The highest BCUT2D eigenvalue weighted by Gasteiger charge is 2.23. The van der Waals surface area contributed by atoms with Gasteiger partial charge in [-0.25, -0.2) is 0 Å². The molecule has 0 bridgehead atoms. The fourth-order valence-electron chi connectivity index (χ4n) is 2.83. The molecule has 2 rings (SSSR count). The highest BCUT2D eigenvalue weighted by atomic mass is 16.2. The van der Waals surface area contributed by atoms with Gasteiger partial charge in [0.2, 0.25) is 11.8 Å². The summed E-state index contributed by atoms with van der Waals surface area (Å²) in [5, 5.41) is 2.67. The zero-order valence-electron chi connectivity index (χ0n) is 13.4. The summed E-state index contributed by atoms with van der Waals surface area (Å²) in [5.74, 6) is -0.155. The SMILES string of the molecule is CC(=O)N[C@@H](C)C(=O)N1CCCN(Cc2ccccc2)CC1. The molecular formula is C17H25N3O2. The Kier molecular flexibility index (Phi) is 5.95. The number of rotatable bonds is 4. The molecule has 1 N–H and O–H groups in total. The van der Waals surface area contributed by atoms with Gasteiger partial charge in [-0.3, -0.25) is 14.5 Å². The van der Waals surface area contributed by atoms with Crippen molar-refractivity contribution in [3.05, 3.63) is 35.9 Å². The number of nitrogens with one attached hydrogen (secondary N) is 1. The topological polar surface area (TPSA) is 52.7 Å². The lowest BCUT2D eigenvalue weighted by Crippen LogP contribution is -2.47. The molecule has 1 atom stereocenters. The van der Waals surface area contributed by atoms with Crippen LogP contribution < -0.4 is 5.32 Å². The van der Waals surface area contributed by atoms with Gasteiger partial charge in [-0.2, -0.15) is 0 Å². The predicted octanol–water partition coefficient (Wildman–Crippen LogP) is 1.25. The van der Waals surface area contributed by atoms with E-state index in [2.05, 4.69) is 34.5 Å². The van der Waals surface area contributed by atoms with E-state index in [0.29, 0.717) is 0 Å². The Morgan fingerprint density at radius 1 is 1.14 bits per heavy atom. The van der Waals surface area contributed by atoms with Crippen LogP contribution in [0.4, 0.5) is 0 Å². The highest BCUT2D eigenvalue weighted by Crippen LogP contribution is 2.09. The van der Waals surface area contributed by atoms with E-state index >= 15 is 0 Å². The maximum Gasteiger partial charge on any atom is 0.244 e. The predicted molar refractivity (Wildman–Crippen MR) is 86.2 cm³/mol. The van der Waals surface area contributed by atoms with E-state index < -0.39 is 6.04 Å². The minimum Gasteiger partial charge on any atom is -0.345 e. The van der Waals surface area contributed by atoms with Crippen LogP contribution in [0, 0.1) is 0 Å². The van der Waals surface area contributed by atoms with Gasteiger partial charge >= 0.3 is 0 Å². The first kappa shape index (κ1) is 16.5. The molecule has 0 aromatic heterocycles. The Morgan fingerprint density at radius 2 is 1.86 bits per heavy atom. The Labute approximate surface area is 132 Å². The van der Waals surface area contributed by atoms with Crippen molar-refractivity contribution in [2.45, 2.75) is 32.9 Å². The van der Waals surface area contributed by atoms with Gasteiger partial charge in [-0.05, 0) is 18.9 Å². The largest absolute Gasteiger partial charge is 0.345 e. The first-order valence-electron chi connectivity index (χ1n) is 7.88. The number of hydrogen-bond donors (Lipinski definition) is 1. The molecule has 22 heavy (non-hydrogen) atoms. The molecule has 5 heteroatoms. The minimum atomic E-state index is -0.446. The van der Waals surface area contributed by atoms with Crippen molar-refractivity contribution in [2.24, 2.45) is 0 Å². The molecule has 1 fully saturated rings. The Morgan fingerprint density at radius 3 is 2.55 bits per heavy atom. The van der Waals surface area contributed by atoms with Gasteiger partial charge in [0.05, 0.1) is 0 Å². The number of amides is 2. The molecule has 0 aliphatic carbocycles. The smallest absolute Gasteiger partial charge is 0.244 e. The van der Waals surface area contributed by atoms with Crippen LogP contribution in [0.5, 0.6) is 0 Å². The maximum absolute atomic E-state index is 12.3. The lowest BCUT2D eigenvalue weighted by Gasteiger charge is -2.25. The molecule has 1 aromatic carbocycles. The van der Waals surface area contributed by atoms with Crippen LogP contribution in [0.1, 0.15) is 25.8 Å². The first-order valence-corrected chi connectivity index (χ1v) is 7.88. The van der Waals surface area contributed by atoms with E-state index in [1.807, 2.05) is 11.0 Å². The summed E-state index contributed by atoms with van der Waals surface area (Å²) in [6, 6.07) is 9.95. The van der Waals surface area contributed by atoms with E-state index in [4.69, 9.17) is 0 Å². The van der Waals surface area contributed by atoms with Gasteiger partial charge in [0.25, 0.3) is 0 Å². The first-order chi connectivity index (χ1) is 10.6. The van der Waals surface area contributed by atoms with Crippen molar-refractivity contribution in [3.8, 4) is 0 Å². The molecule has 0 spiro atoms. The second-order valence-electron chi connectivity index (χ2n) is 5.86. The lowest BCUT2D eigenvalue weighted by molar-refractivity contribution is -0.135. The van der Waals surface area contributed by atoms with Crippen LogP contribution in [-0.4, -0.2) is 53.8 Å². The van der Waals surface area contributed by atoms with E-state index in [-0.39, 0.29) is 11.8 Å². The fourth-order valence-corrected chi connectivity index (χ4v) is 2.83. The fraction of sp³-hybridized carbons (Fsp3) is 0.529. The van der Waals surface area contributed by atoms with Gasteiger partial charge in [0.1, 0.15) is 6.04 Å². The van der Waals surface area contributed by atoms with Crippen LogP contribution in [0.15, 0.2) is 30.3 Å². The molecule has 1 saturated heterocycles. The molecule has 2 amide bonds. The third-order valence-electron chi connectivity index (χ3n) is 3.94. The van der Waals surface area contributed by atoms with Crippen molar-refractivity contribution in [2.75, 3.05) is 26.2 Å². The number of carbonyl (C=O) groups excluding carboxylic acids is 2. The summed E-state index contributed by atoms with van der Waals surface area (Å²) in [6.45, 7) is 7.44. The van der Waals surface area contributed by atoms with Crippen molar-refractivity contribution in [1.82, 2.24) is 15.1 Å². The van der Waals surface area contributed by atoms with Crippen LogP contribution in [0.2, 0.25) is 0 Å². The van der Waals surface area contributed by atoms with E-state index in [0.717, 1.165) is 39.1 Å². The third kappa shape index (κ3) is 4.84. The summed E-state index contributed by atoms with van der Waals surface area (Å²) >= 11 is 0. The third-order valence-corrected chi connectivity index (χ3v) is 3.94. The van der Waals surface area contributed by atoms with Crippen LogP contribution in [0.25, 0.3) is 0 Å². The van der Waals surface area contributed by atoms with Crippen molar-refractivity contribution < 1.29 is 9.59 Å². The monoisotopic (exact) mass is 303 g/mol. The molecule has 1 aliphatic rings. The number of carbonyl (C=O) groups is 2. The van der Waals surface area contributed by atoms with Gasteiger partial charge in [0.15, 0.2) is 0 Å². The van der Waals surface area contributed by atoms with Gasteiger partial charge in [-0.1, -0.05) is 30.3 Å². The zero-order valence-corrected chi connectivity index (χ0v) is 13.4. The van der Waals surface area contributed by atoms with Crippen molar-refractivity contribution in [3.63, 3.8) is 0 Å². The molecule has 1 aromatic rings. The lowest BCUT2D eigenvalue weighted by atomic mass is 10.2. The van der Waals surface area contributed by atoms with Crippen molar-refractivity contribution in [1.29, 1.82) is 0 Å². The molecule has 1 aliphatic heterocycles. The molecular weight excluding hydrogens is 278 g/mol. The average Bonchev–Trinajstić information content (AvgIpc) is 2.72. The van der Waals surface area contributed by atoms with Crippen LogP contribution in [-0.2, 0) is 16.1 Å². The number of hydrogen-bond acceptors (Lipinski definition) is 3. The van der Waals surface area contributed by atoms with Crippen LogP contribution >= 0.6 is 0 Å². The van der Waals surface area contributed by atoms with Crippen LogP contribution in [0.3, 0.4) is 0 Å². The Bertz CT molecular complexity index is 504. The second kappa shape index (κ2) is 7.94. The zero-order chi connectivity index (χ0) is 15.9. The Hall–Kier alpha value is -1.88. The quantitative estimate of drug-likeness (QED) is 0.911. The van der Waals surface area contributed by atoms with Gasteiger partial charge in [-0.15, -0.1) is 0 Å². The highest BCUT2D eigenvalue weighted by molar-refractivity contribution is 5.86. The average molecular weight is 303 g/mol. The molecule has 0 radical (unpaired) electrons. The summed E-state index contributed by atoms with van der Waals surface area (Å²) in [6.07, 6.45) is 0.964. The summed E-state index contributed by atoms with van der Waals surface area (Å²) in [5.41, 5.74) is 1.30. The maximum atomic E-state index is 12.3. The molecule has 1 heterocycles. The molecule has 120 valence electrons. The van der Waals surface area contributed by atoms with Crippen molar-refractivity contribution >= 4 is 11.8 Å². The molecule has 5 nitrogen and oxygen atoms in total. The summed E-state index contributed by atoms with van der Waals surface area (Å²) < 4.78 is 0. The summed E-state index contributed by atoms with van der Waals surface area (Å²) in [7, 11) is 0. The normalized spacial score (nSPS) is 17.6. The van der Waals surface area contributed by atoms with E-state index in [1.165, 1.54) is 12.5 Å². The number of nitrogens with zero attached hydrogens (tertiary/aromatic N) is 2. The van der Waals surface area contributed by atoms with Gasteiger partial charge < -0.3 is 10.2 Å². The molecule has 0 saturated carbocycles. The summed E-state index contributed by atoms with van der Waals surface area (Å²) in [4.78, 5) is 27.7. The standard InChI is InChI=1S/C17H25N3O2/c1-14(18-15(2)21)17(22)20-10-6-9-19(11-12-20)13-16-7-4-3-5-8-16/h3-5,7-8,14H,6,9-13H2,1-2H3,(H,18,21)/t14-/m0/s1. The van der Waals surface area contributed by atoms with E-state index in [1.54, 1.807) is 6.92 Å². The second-order valence-corrected chi connectivity index (χ2v) is 5.86. The van der Waals surface area contributed by atoms with E-state index in [9.17, 15) is 9.59 Å². The van der Waals surface area contributed by atoms with Gasteiger partial charge in [0, 0.05) is 39.6 Å². The number of benzene rings is 1. The molecule has 0 unspecified atom stereocenters.